The first kappa shape index (κ1) is 17.5. The predicted molar refractivity (Wildman–Crippen MR) is 97.6 cm³/mol. The lowest BCUT2D eigenvalue weighted by atomic mass is 9.81. The number of sulfone groups is 1. The number of benzene rings is 1. The molecular weight excluding hydrogens is 369 g/mol. The van der Waals surface area contributed by atoms with Crippen LogP contribution in [0.4, 0.5) is 4.39 Å². The Morgan fingerprint density at radius 1 is 1.07 bits per heavy atom. The minimum atomic E-state index is -3.67. The molecule has 5 nitrogen and oxygen atoms in total. The van der Waals surface area contributed by atoms with Crippen LogP contribution in [0.1, 0.15) is 55.3 Å². The molecule has 1 aromatic carbocycles. The normalized spacial score (nSPS) is 38.1. The number of carbonyl (C=O) groups is 1. The highest BCUT2D eigenvalue weighted by Gasteiger charge is 2.75. The molecule has 1 aromatic rings. The fourth-order valence-electron chi connectivity index (χ4n) is 5.61. The van der Waals surface area contributed by atoms with Gasteiger partial charge >= 0.3 is 0 Å². The van der Waals surface area contributed by atoms with Gasteiger partial charge in [-0.25, -0.2) is 12.8 Å². The van der Waals surface area contributed by atoms with E-state index in [1.807, 2.05) is 0 Å². The van der Waals surface area contributed by atoms with Gasteiger partial charge in [-0.15, -0.1) is 0 Å². The Morgan fingerprint density at radius 2 is 1.78 bits per heavy atom. The van der Waals surface area contributed by atoms with Crippen molar-refractivity contribution in [2.45, 2.75) is 60.7 Å². The second-order valence-electron chi connectivity index (χ2n) is 8.88. The fraction of sp³-hybridized carbons (Fsp3) is 0.650. The zero-order valence-corrected chi connectivity index (χ0v) is 15.8. The predicted octanol–water partition coefficient (Wildman–Crippen LogP) is 2.94. The zero-order valence-electron chi connectivity index (χ0n) is 15.0. The van der Waals surface area contributed by atoms with Crippen molar-refractivity contribution in [1.29, 1.82) is 0 Å². The minimum absolute atomic E-state index is 0.000644. The molecule has 7 heteroatoms. The number of hydrogen-bond donors (Lipinski definition) is 2. The van der Waals surface area contributed by atoms with Crippen LogP contribution in [-0.2, 0) is 9.84 Å². The van der Waals surface area contributed by atoms with Crippen LogP contribution in [0.2, 0.25) is 0 Å². The highest BCUT2D eigenvalue weighted by Crippen LogP contribution is 2.66. The summed E-state index contributed by atoms with van der Waals surface area (Å²) in [6, 6.07) is 5.94. The molecule has 0 saturated heterocycles. The van der Waals surface area contributed by atoms with E-state index in [0.717, 1.165) is 12.8 Å². The third kappa shape index (κ3) is 2.39. The topological polar surface area (TPSA) is 83.5 Å². The number of para-hydroxylation sites is 1. The number of rotatable bonds is 5. The van der Waals surface area contributed by atoms with Crippen molar-refractivity contribution in [2.24, 2.45) is 17.8 Å². The second kappa shape index (κ2) is 5.46. The average molecular weight is 393 g/mol. The molecule has 4 aliphatic carbocycles. The van der Waals surface area contributed by atoms with Crippen LogP contribution in [0.5, 0.6) is 5.75 Å². The molecule has 0 aromatic heterocycles. The van der Waals surface area contributed by atoms with Crippen LogP contribution in [0, 0.1) is 17.8 Å². The molecule has 4 atom stereocenters. The largest absolute Gasteiger partial charge is 0.507 e. The summed E-state index contributed by atoms with van der Waals surface area (Å²) >= 11 is 0. The SMILES string of the molecule is O=C(N[C@@]1(F)C[C@@H]2C[C@]1(S(=O)(=O)C1CC1)CC2C1CC1)c1ccccc1O. The van der Waals surface area contributed by atoms with E-state index in [4.69, 9.17) is 0 Å². The molecule has 0 heterocycles. The van der Waals surface area contributed by atoms with Gasteiger partial charge in [0.1, 0.15) is 10.5 Å². The number of halogens is 1. The van der Waals surface area contributed by atoms with Crippen LogP contribution in [0.3, 0.4) is 0 Å². The van der Waals surface area contributed by atoms with Crippen molar-refractivity contribution in [3.05, 3.63) is 29.8 Å². The van der Waals surface area contributed by atoms with E-state index >= 15 is 4.39 Å². The number of nitrogens with one attached hydrogen (secondary N) is 1. The maximum absolute atomic E-state index is 16.3. The van der Waals surface area contributed by atoms with Gasteiger partial charge in [-0.05, 0) is 68.4 Å². The average Bonchev–Trinajstić information content (AvgIpc) is 3.52. The molecule has 1 amide bonds. The summed E-state index contributed by atoms with van der Waals surface area (Å²) in [5.74, 6) is -2.49. The summed E-state index contributed by atoms with van der Waals surface area (Å²) in [5.41, 5.74) is -0.0324. The molecule has 4 fully saturated rings. The Balaban J connectivity index is 1.51. The van der Waals surface area contributed by atoms with Crippen molar-refractivity contribution in [2.75, 3.05) is 0 Å². The third-order valence-corrected chi connectivity index (χ3v) is 10.3. The molecule has 0 radical (unpaired) electrons. The summed E-state index contributed by atoms with van der Waals surface area (Å²) in [5, 5.41) is 11.9. The number of alkyl halides is 1. The molecule has 4 aliphatic rings. The smallest absolute Gasteiger partial charge is 0.257 e. The van der Waals surface area contributed by atoms with Gasteiger partial charge in [-0.2, -0.15) is 0 Å². The summed E-state index contributed by atoms with van der Waals surface area (Å²) in [4.78, 5) is 12.7. The van der Waals surface area contributed by atoms with Gasteiger partial charge in [0.05, 0.1) is 10.8 Å². The number of aromatic hydroxyl groups is 1. The Morgan fingerprint density at radius 3 is 2.41 bits per heavy atom. The summed E-state index contributed by atoms with van der Waals surface area (Å²) < 4.78 is 41.4. The van der Waals surface area contributed by atoms with E-state index in [2.05, 4.69) is 5.32 Å². The lowest BCUT2D eigenvalue weighted by Crippen LogP contribution is -2.63. The van der Waals surface area contributed by atoms with Crippen LogP contribution in [0.25, 0.3) is 0 Å². The van der Waals surface area contributed by atoms with Gasteiger partial charge in [0, 0.05) is 6.42 Å². The molecular formula is C20H24FNO4S. The van der Waals surface area contributed by atoms with E-state index in [1.54, 1.807) is 12.1 Å². The Kier molecular flexibility index (Phi) is 3.53. The fourth-order valence-corrected chi connectivity index (χ4v) is 8.46. The third-order valence-electron chi connectivity index (χ3n) is 7.22. The highest BCUT2D eigenvalue weighted by molar-refractivity contribution is 7.93. The van der Waals surface area contributed by atoms with Crippen molar-refractivity contribution in [3.8, 4) is 5.75 Å². The summed E-state index contributed by atoms with van der Waals surface area (Å²) in [6.45, 7) is 0. The molecule has 4 saturated carbocycles. The van der Waals surface area contributed by atoms with Gasteiger partial charge < -0.3 is 10.4 Å². The van der Waals surface area contributed by atoms with Gasteiger partial charge in [-0.3, -0.25) is 4.79 Å². The Labute approximate surface area is 158 Å². The first-order valence-corrected chi connectivity index (χ1v) is 11.3. The number of phenols is 1. The maximum Gasteiger partial charge on any atom is 0.257 e. The van der Waals surface area contributed by atoms with Crippen molar-refractivity contribution in [1.82, 2.24) is 5.32 Å². The van der Waals surface area contributed by atoms with Gasteiger partial charge in [0.25, 0.3) is 5.91 Å². The van der Waals surface area contributed by atoms with Crippen LogP contribution >= 0.6 is 0 Å². The number of fused-ring (bicyclic) bond motifs is 2. The molecule has 0 aliphatic heterocycles. The number of hydrogen-bond acceptors (Lipinski definition) is 4. The molecule has 1 unspecified atom stereocenters. The lowest BCUT2D eigenvalue weighted by molar-refractivity contribution is 0.0356. The van der Waals surface area contributed by atoms with Crippen LogP contribution < -0.4 is 5.32 Å². The summed E-state index contributed by atoms with van der Waals surface area (Å²) in [6.07, 6.45) is 4.07. The van der Waals surface area contributed by atoms with Gasteiger partial charge in [0.2, 0.25) is 5.79 Å². The monoisotopic (exact) mass is 393 g/mol. The minimum Gasteiger partial charge on any atom is -0.507 e. The molecule has 2 bridgehead atoms. The standard InChI is InChI=1S/C20H24FNO4S/c21-20(22-18(24)15-3-1-2-4-17(15)23)10-13-9-19(20,11-16(13)12-5-6-12)27(25,26)14-7-8-14/h1-4,12-14,16,23H,5-11H2,(H,22,24)/t13-,16?,19-,20-/m0/s1. The lowest BCUT2D eigenvalue weighted by Gasteiger charge is -2.42. The molecule has 5 rings (SSSR count). The second-order valence-corrected chi connectivity index (χ2v) is 11.4. The maximum atomic E-state index is 16.3. The van der Waals surface area contributed by atoms with E-state index in [0.29, 0.717) is 31.6 Å². The van der Waals surface area contributed by atoms with E-state index in [9.17, 15) is 18.3 Å². The van der Waals surface area contributed by atoms with E-state index < -0.39 is 31.5 Å². The van der Waals surface area contributed by atoms with Crippen LogP contribution in [-0.4, -0.2) is 35.2 Å². The van der Waals surface area contributed by atoms with Gasteiger partial charge in [0.15, 0.2) is 9.84 Å². The molecule has 2 N–H and O–H groups in total. The van der Waals surface area contributed by atoms with Crippen LogP contribution in [0.15, 0.2) is 24.3 Å². The van der Waals surface area contributed by atoms with Crippen molar-refractivity contribution >= 4 is 15.7 Å². The number of carbonyl (C=O) groups excluding carboxylic acids is 1. The van der Waals surface area contributed by atoms with E-state index in [-0.39, 0.29) is 29.6 Å². The number of amides is 1. The Bertz CT molecular complexity index is 910. The van der Waals surface area contributed by atoms with E-state index in [1.165, 1.54) is 12.1 Å². The van der Waals surface area contributed by atoms with Crippen molar-refractivity contribution in [3.63, 3.8) is 0 Å². The molecule has 146 valence electrons. The summed E-state index contributed by atoms with van der Waals surface area (Å²) in [7, 11) is -3.67. The molecule has 0 spiro atoms. The first-order valence-electron chi connectivity index (χ1n) is 9.80. The number of phenolic OH excluding ortho intramolecular Hbond substituents is 1. The molecule has 27 heavy (non-hydrogen) atoms. The highest BCUT2D eigenvalue weighted by atomic mass is 32.2. The zero-order chi connectivity index (χ0) is 19.0. The first-order chi connectivity index (χ1) is 12.8. The van der Waals surface area contributed by atoms with Crippen molar-refractivity contribution < 1.29 is 22.7 Å². The quantitative estimate of drug-likeness (QED) is 0.754. The Hall–Kier alpha value is -1.63. The van der Waals surface area contributed by atoms with Gasteiger partial charge in [-0.1, -0.05) is 12.1 Å².